The van der Waals surface area contributed by atoms with Gasteiger partial charge in [0.25, 0.3) is 0 Å². The van der Waals surface area contributed by atoms with Gasteiger partial charge < -0.3 is 9.52 Å². The van der Waals surface area contributed by atoms with Crippen molar-refractivity contribution in [3.8, 4) is 0 Å². The van der Waals surface area contributed by atoms with E-state index in [1.807, 2.05) is 12.1 Å². The Morgan fingerprint density at radius 3 is 2.88 bits per heavy atom. The molecule has 0 bridgehead atoms. The first-order valence-electron chi connectivity index (χ1n) is 6.11. The SMILES string of the molecule is CN1CC(C)(C)N(Cc2ccco2)CC1CO. The van der Waals surface area contributed by atoms with E-state index in [1.54, 1.807) is 6.26 Å². The third-order valence-corrected chi connectivity index (χ3v) is 3.68. The zero-order chi connectivity index (χ0) is 12.5. The minimum Gasteiger partial charge on any atom is -0.468 e. The molecular weight excluding hydrogens is 216 g/mol. The quantitative estimate of drug-likeness (QED) is 0.858. The van der Waals surface area contributed by atoms with Gasteiger partial charge in [-0.3, -0.25) is 9.80 Å². The van der Waals surface area contributed by atoms with Crippen LogP contribution in [0.1, 0.15) is 19.6 Å². The number of aliphatic hydroxyl groups excluding tert-OH is 1. The van der Waals surface area contributed by atoms with Crippen molar-refractivity contribution in [1.82, 2.24) is 9.80 Å². The zero-order valence-corrected chi connectivity index (χ0v) is 10.9. The number of furan rings is 1. The molecule has 2 heterocycles. The number of aliphatic hydroxyl groups is 1. The Bertz CT molecular complexity index is 348. The number of nitrogens with zero attached hydrogens (tertiary/aromatic N) is 2. The van der Waals surface area contributed by atoms with Gasteiger partial charge in [-0.15, -0.1) is 0 Å². The summed E-state index contributed by atoms with van der Waals surface area (Å²) in [7, 11) is 2.08. The predicted molar refractivity (Wildman–Crippen MR) is 66.7 cm³/mol. The van der Waals surface area contributed by atoms with Crippen LogP contribution < -0.4 is 0 Å². The van der Waals surface area contributed by atoms with E-state index >= 15 is 0 Å². The molecule has 0 aliphatic carbocycles. The monoisotopic (exact) mass is 238 g/mol. The third-order valence-electron chi connectivity index (χ3n) is 3.68. The van der Waals surface area contributed by atoms with E-state index in [4.69, 9.17) is 4.42 Å². The molecule has 2 rings (SSSR count). The highest BCUT2D eigenvalue weighted by atomic mass is 16.3. The van der Waals surface area contributed by atoms with Crippen LogP contribution in [0.2, 0.25) is 0 Å². The van der Waals surface area contributed by atoms with Crippen LogP contribution in [0, 0.1) is 0 Å². The summed E-state index contributed by atoms with van der Waals surface area (Å²) in [6, 6.07) is 4.14. The van der Waals surface area contributed by atoms with Gasteiger partial charge in [0, 0.05) is 24.7 Å². The topological polar surface area (TPSA) is 39.9 Å². The molecule has 4 heteroatoms. The highest BCUT2D eigenvalue weighted by Gasteiger charge is 2.37. The smallest absolute Gasteiger partial charge is 0.117 e. The maximum atomic E-state index is 9.38. The zero-order valence-electron chi connectivity index (χ0n) is 10.9. The van der Waals surface area contributed by atoms with Crippen molar-refractivity contribution in [2.75, 3.05) is 26.7 Å². The van der Waals surface area contributed by atoms with Crippen molar-refractivity contribution in [1.29, 1.82) is 0 Å². The maximum Gasteiger partial charge on any atom is 0.117 e. The summed E-state index contributed by atoms with van der Waals surface area (Å²) in [5.74, 6) is 0.985. The molecule has 1 aliphatic rings. The van der Waals surface area contributed by atoms with Gasteiger partial charge in [0.1, 0.15) is 5.76 Å². The second-order valence-corrected chi connectivity index (χ2v) is 5.52. The molecule has 0 amide bonds. The molecule has 1 atom stereocenters. The second-order valence-electron chi connectivity index (χ2n) is 5.52. The molecule has 0 aromatic carbocycles. The first-order chi connectivity index (χ1) is 8.03. The molecular formula is C13H22N2O2. The van der Waals surface area contributed by atoms with Crippen molar-refractivity contribution in [3.05, 3.63) is 24.2 Å². The molecule has 1 N–H and O–H groups in total. The molecule has 1 saturated heterocycles. The van der Waals surface area contributed by atoms with Crippen LogP contribution in [-0.2, 0) is 6.54 Å². The lowest BCUT2D eigenvalue weighted by atomic mass is 9.96. The van der Waals surface area contributed by atoms with E-state index < -0.39 is 0 Å². The van der Waals surface area contributed by atoms with Crippen LogP contribution in [0.3, 0.4) is 0 Å². The van der Waals surface area contributed by atoms with Crippen LogP contribution in [0.15, 0.2) is 22.8 Å². The highest BCUT2D eigenvalue weighted by molar-refractivity contribution is 5.02. The van der Waals surface area contributed by atoms with E-state index in [9.17, 15) is 5.11 Å². The number of hydrogen-bond donors (Lipinski definition) is 1. The molecule has 1 aliphatic heterocycles. The fourth-order valence-electron chi connectivity index (χ4n) is 2.55. The number of likely N-dealkylation sites (N-methyl/N-ethyl adjacent to an activating group) is 1. The van der Waals surface area contributed by atoms with Gasteiger partial charge in [0.2, 0.25) is 0 Å². The van der Waals surface area contributed by atoms with Gasteiger partial charge >= 0.3 is 0 Å². The molecule has 0 spiro atoms. The average Bonchev–Trinajstić information content (AvgIpc) is 2.74. The summed E-state index contributed by atoms with van der Waals surface area (Å²) < 4.78 is 5.41. The van der Waals surface area contributed by atoms with Gasteiger partial charge in [-0.1, -0.05) is 0 Å². The number of hydrogen-bond acceptors (Lipinski definition) is 4. The maximum absolute atomic E-state index is 9.38. The molecule has 1 aromatic rings. The molecule has 17 heavy (non-hydrogen) atoms. The van der Waals surface area contributed by atoms with E-state index in [-0.39, 0.29) is 18.2 Å². The largest absolute Gasteiger partial charge is 0.468 e. The third kappa shape index (κ3) is 2.70. The standard InChI is InChI=1S/C13H22N2O2/c1-13(2)10-14(3)11(9-16)7-15(13)8-12-5-4-6-17-12/h4-6,11,16H,7-10H2,1-3H3. The van der Waals surface area contributed by atoms with E-state index in [2.05, 4.69) is 30.7 Å². The van der Waals surface area contributed by atoms with Gasteiger partial charge in [-0.05, 0) is 33.0 Å². The van der Waals surface area contributed by atoms with Crippen LogP contribution in [0.5, 0.6) is 0 Å². The van der Waals surface area contributed by atoms with Crippen molar-refractivity contribution in [2.24, 2.45) is 0 Å². The minimum absolute atomic E-state index is 0.104. The lowest BCUT2D eigenvalue weighted by Crippen LogP contribution is -2.62. The molecule has 4 nitrogen and oxygen atoms in total. The normalized spacial score (nSPS) is 26.2. The fourth-order valence-corrected chi connectivity index (χ4v) is 2.55. The molecule has 1 aromatic heterocycles. The summed E-state index contributed by atoms with van der Waals surface area (Å²) in [5, 5.41) is 9.38. The van der Waals surface area contributed by atoms with Crippen molar-refractivity contribution in [2.45, 2.75) is 32.0 Å². The Morgan fingerprint density at radius 1 is 1.53 bits per heavy atom. The Kier molecular flexibility index (Phi) is 3.56. The molecule has 1 unspecified atom stereocenters. The van der Waals surface area contributed by atoms with Crippen molar-refractivity contribution < 1.29 is 9.52 Å². The van der Waals surface area contributed by atoms with Crippen molar-refractivity contribution in [3.63, 3.8) is 0 Å². The Balaban J connectivity index is 2.08. The van der Waals surface area contributed by atoms with E-state index in [0.717, 1.165) is 25.4 Å². The second kappa shape index (κ2) is 4.80. The predicted octanol–water partition coefficient (Wildman–Crippen LogP) is 1.17. The summed E-state index contributed by atoms with van der Waals surface area (Å²) >= 11 is 0. The Labute approximate surface area is 103 Å². The van der Waals surface area contributed by atoms with Crippen LogP contribution in [0.4, 0.5) is 0 Å². The lowest BCUT2D eigenvalue weighted by Gasteiger charge is -2.49. The van der Waals surface area contributed by atoms with Crippen LogP contribution >= 0.6 is 0 Å². The van der Waals surface area contributed by atoms with Gasteiger partial charge in [0.15, 0.2) is 0 Å². The molecule has 0 saturated carbocycles. The molecule has 96 valence electrons. The Morgan fingerprint density at radius 2 is 2.29 bits per heavy atom. The summed E-state index contributed by atoms with van der Waals surface area (Å²) in [4.78, 5) is 4.62. The van der Waals surface area contributed by atoms with Crippen LogP contribution in [0.25, 0.3) is 0 Å². The summed E-state index contributed by atoms with van der Waals surface area (Å²) in [5.41, 5.74) is 0.104. The van der Waals surface area contributed by atoms with Crippen LogP contribution in [-0.4, -0.2) is 53.2 Å². The van der Waals surface area contributed by atoms with Gasteiger partial charge in [0.05, 0.1) is 19.4 Å². The van der Waals surface area contributed by atoms with E-state index in [0.29, 0.717) is 0 Å². The van der Waals surface area contributed by atoms with E-state index in [1.165, 1.54) is 0 Å². The van der Waals surface area contributed by atoms with Gasteiger partial charge in [-0.25, -0.2) is 0 Å². The average molecular weight is 238 g/mol. The molecule has 1 fully saturated rings. The van der Waals surface area contributed by atoms with Crippen molar-refractivity contribution >= 4 is 0 Å². The minimum atomic E-state index is 0.104. The number of rotatable bonds is 3. The summed E-state index contributed by atoms with van der Waals surface area (Å²) in [6.45, 7) is 7.32. The van der Waals surface area contributed by atoms with Gasteiger partial charge in [-0.2, -0.15) is 0 Å². The first-order valence-corrected chi connectivity index (χ1v) is 6.11. The highest BCUT2D eigenvalue weighted by Crippen LogP contribution is 2.25. The lowest BCUT2D eigenvalue weighted by molar-refractivity contribution is -0.0299. The molecule has 0 radical (unpaired) electrons. The number of piperazine rings is 1. The fraction of sp³-hybridized carbons (Fsp3) is 0.692. The first kappa shape index (κ1) is 12.6. The Hall–Kier alpha value is -0.840. The summed E-state index contributed by atoms with van der Waals surface area (Å²) in [6.07, 6.45) is 1.71.